The zero-order chi connectivity index (χ0) is 49.2. The van der Waals surface area contributed by atoms with Gasteiger partial charge in [0, 0.05) is 13.1 Å². The molecule has 27 nitrogen and oxygen atoms in total. The summed E-state index contributed by atoms with van der Waals surface area (Å²) in [5.74, 6) is -12.1. The Kier molecular flexibility index (Phi) is 23.1. The average Bonchev–Trinajstić information content (AvgIpc) is 3.70. The molecule has 0 radical (unpaired) electrons. The summed E-state index contributed by atoms with van der Waals surface area (Å²) in [6, 6.07) is -13.6. The number of guanidine groups is 1. The van der Waals surface area contributed by atoms with Crippen LogP contribution >= 0.6 is 0 Å². The summed E-state index contributed by atoms with van der Waals surface area (Å²) < 4.78 is 0. The fraction of sp³-hybridized carbons (Fsp3) is 0.703. The van der Waals surface area contributed by atoms with Gasteiger partial charge in [0.1, 0.15) is 48.3 Å². The molecule has 1 aliphatic heterocycles. The SMILES string of the molecule is CC(C)[C@H](NC(=O)[C@H](CC(=O)O)NC(=O)[C@H](CCCN=C(N)N)NC(=O)[C@@H](NC(=O)[C@H](C)N)[C@@H](C)O)C(=O)N[C@@H](C)C(=O)N[C@H](C(=O)N[C@@H](CO)C(=O)N1CCC[C@H]1C(=O)O)[C@@H](C)O. The van der Waals surface area contributed by atoms with Gasteiger partial charge in [0.25, 0.3) is 0 Å². The molecule has 1 saturated heterocycles. The van der Waals surface area contributed by atoms with Gasteiger partial charge in [0.05, 0.1) is 31.3 Å². The second kappa shape index (κ2) is 26.4. The second-order valence-electron chi connectivity index (χ2n) is 15.6. The Balaban J connectivity index is 3.20. The summed E-state index contributed by atoms with van der Waals surface area (Å²) in [7, 11) is 0. The highest BCUT2D eigenvalue weighted by Gasteiger charge is 2.40. The third-order valence-electron chi connectivity index (χ3n) is 9.75. The summed E-state index contributed by atoms with van der Waals surface area (Å²) in [5.41, 5.74) is 16.3. The third-order valence-corrected chi connectivity index (χ3v) is 9.75. The second-order valence-corrected chi connectivity index (χ2v) is 15.6. The normalized spacial score (nSPS) is 18.2. The van der Waals surface area contributed by atoms with E-state index in [1.807, 2.05) is 0 Å². The van der Waals surface area contributed by atoms with E-state index in [1.54, 1.807) is 0 Å². The Morgan fingerprint density at radius 2 is 1.14 bits per heavy atom. The lowest BCUT2D eigenvalue weighted by Crippen LogP contribution is -2.62. The maximum Gasteiger partial charge on any atom is 0.326 e. The number of carboxylic acid groups (broad SMARTS) is 2. The maximum atomic E-state index is 13.6. The van der Waals surface area contributed by atoms with Crippen molar-refractivity contribution in [2.24, 2.45) is 28.1 Å². The van der Waals surface area contributed by atoms with E-state index in [0.29, 0.717) is 6.42 Å². The van der Waals surface area contributed by atoms with Gasteiger partial charge in [-0.15, -0.1) is 0 Å². The number of carboxylic acids is 2. The highest BCUT2D eigenvalue weighted by Crippen LogP contribution is 2.18. The molecule has 11 atom stereocenters. The van der Waals surface area contributed by atoms with Gasteiger partial charge in [-0.3, -0.25) is 48.1 Å². The molecule has 0 bridgehead atoms. The number of hydrogen-bond donors (Lipinski definition) is 15. The van der Waals surface area contributed by atoms with E-state index in [4.69, 9.17) is 17.2 Å². The minimum atomic E-state index is -1.87. The molecule has 64 heavy (non-hydrogen) atoms. The zero-order valence-electron chi connectivity index (χ0n) is 36.5. The Morgan fingerprint density at radius 3 is 1.61 bits per heavy atom. The molecule has 362 valence electrons. The van der Waals surface area contributed by atoms with Gasteiger partial charge >= 0.3 is 11.9 Å². The summed E-state index contributed by atoms with van der Waals surface area (Å²) in [5, 5.41) is 65.4. The number of likely N-dealkylation sites (tertiary alicyclic amines) is 1. The van der Waals surface area contributed by atoms with E-state index in [9.17, 15) is 73.5 Å². The fourth-order valence-corrected chi connectivity index (χ4v) is 6.16. The van der Waals surface area contributed by atoms with E-state index >= 15 is 0 Å². The average molecular weight is 917 g/mol. The molecule has 0 saturated carbocycles. The Bertz CT molecular complexity index is 1720. The number of amides is 8. The van der Waals surface area contributed by atoms with Gasteiger partial charge in [-0.1, -0.05) is 13.8 Å². The quantitative estimate of drug-likeness (QED) is 0.0218. The number of nitrogens with zero attached hydrogens (tertiary/aromatic N) is 2. The highest BCUT2D eigenvalue weighted by molar-refractivity contribution is 5.99. The molecule has 0 aromatic heterocycles. The third kappa shape index (κ3) is 17.9. The molecule has 1 heterocycles. The fourth-order valence-electron chi connectivity index (χ4n) is 6.16. The van der Waals surface area contributed by atoms with Crippen molar-refractivity contribution < 1.29 is 73.5 Å². The number of nitrogens with one attached hydrogen (secondary N) is 7. The van der Waals surface area contributed by atoms with Crippen LogP contribution in [0.25, 0.3) is 0 Å². The molecule has 0 unspecified atom stereocenters. The largest absolute Gasteiger partial charge is 0.481 e. The molecule has 1 rings (SSSR count). The van der Waals surface area contributed by atoms with Crippen LogP contribution in [0.3, 0.4) is 0 Å². The minimum absolute atomic E-state index is 0.0304. The zero-order valence-corrected chi connectivity index (χ0v) is 36.5. The number of hydrogen-bond acceptors (Lipinski definition) is 15. The monoisotopic (exact) mass is 916 g/mol. The van der Waals surface area contributed by atoms with E-state index in [2.05, 4.69) is 42.2 Å². The lowest BCUT2D eigenvalue weighted by molar-refractivity contribution is -0.150. The summed E-state index contributed by atoms with van der Waals surface area (Å²) >= 11 is 0. The van der Waals surface area contributed by atoms with E-state index in [0.717, 1.165) is 11.8 Å². The lowest BCUT2D eigenvalue weighted by Gasteiger charge is -2.29. The standard InChI is InChI=1S/C37H64N12O15/c1-15(2)25(32(59)42-17(4)29(56)48-27(19(6)52)34(61)45-22(14-50)35(62)49-12-8-10-23(49)36(63)64)46-31(58)21(13-24(53)54)44-30(57)20(9-7-11-41-37(39)40)43-33(60)26(18(5)51)47-28(55)16(3)38/h15-23,25-27,50-52H,7-14,38H2,1-6H3,(H,42,59)(H,43,60)(H,44,57)(H,45,61)(H,46,58)(H,47,55)(H,48,56)(H,53,54)(H,63,64)(H4,39,40,41)/t16-,17-,18+,19+,20-,21-,22-,23-,25-,26-,27-/m0/s1. The van der Waals surface area contributed by atoms with Crippen LogP contribution in [0.15, 0.2) is 4.99 Å². The Hall–Kier alpha value is -6.19. The smallest absolute Gasteiger partial charge is 0.326 e. The van der Waals surface area contributed by atoms with Crippen LogP contribution in [0.1, 0.15) is 73.6 Å². The summed E-state index contributed by atoms with van der Waals surface area (Å²) in [6.07, 6.45) is -3.74. The van der Waals surface area contributed by atoms with E-state index in [-0.39, 0.29) is 38.3 Å². The van der Waals surface area contributed by atoms with Crippen LogP contribution in [0.2, 0.25) is 0 Å². The van der Waals surface area contributed by atoms with Crippen molar-refractivity contribution >= 4 is 65.2 Å². The first kappa shape index (κ1) is 55.8. The predicted octanol–water partition coefficient (Wildman–Crippen LogP) is -7.24. The molecule has 1 fully saturated rings. The van der Waals surface area contributed by atoms with Gasteiger partial charge in [-0.2, -0.15) is 0 Å². The lowest BCUT2D eigenvalue weighted by atomic mass is 10.0. The van der Waals surface area contributed by atoms with Crippen molar-refractivity contribution in [2.45, 2.75) is 140 Å². The number of carbonyl (C=O) groups is 10. The van der Waals surface area contributed by atoms with Crippen molar-refractivity contribution in [1.82, 2.24) is 42.1 Å². The molecule has 0 aromatic carbocycles. The summed E-state index contributed by atoms with van der Waals surface area (Å²) in [6.45, 7) is 6.86. The molecule has 1 aliphatic rings. The van der Waals surface area contributed by atoms with Crippen LogP contribution in [-0.4, -0.2) is 182 Å². The number of aliphatic imine (C=N–C) groups is 1. The molecule has 0 spiro atoms. The van der Waals surface area contributed by atoms with Crippen molar-refractivity contribution in [3.63, 3.8) is 0 Å². The van der Waals surface area contributed by atoms with Crippen LogP contribution in [0, 0.1) is 5.92 Å². The van der Waals surface area contributed by atoms with Crippen LogP contribution in [0.5, 0.6) is 0 Å². The summed E-state index contributed by atoms with van der Waals surface area (Å²) in [4.78, 5) is 134. The number of aliphatic carboxylic acids is 2. The van der Waals surface area contributed by atoms with E-state index in [1.165, 1.54) is 34.6 Å². The number of aliphatic hydroxyl groups is 3. The molecule has 18 N–H and O–H groups in total. The van der Waals surface area contributed by atoms with Crippen molar-refractivity contribution in [3.8, 4) is 0 Å². The number of nitrogens with two attached hydrogens (primary N) is 3. The van der Waals surface area contributed by atoms with Crippen molar-refractivity contribution in [2.75, 3.05) is 19.7 Å². The van der Waals surface area contributed by atoms with Crippen LogP contribution < -0.4 is 54.4 Å². The van der Waals surface area contributed by atoms with Gasteiger partial charge < -0.3 is 84.9 Å². The molecule has 0 aliphatic carbocycles. The number of rotatable bonds is 26. The highest BCUT2D eigenvalue weighted by atomic mass is 16.4. The predicted molar refractivity (Wildman–Crippen MR) is 223 cm³/mol. The number of carbonyl (C=O) groups excluding carboxylic acids is 8. The Morgan fingerprint density at radius 1 is 0.656 bits per heavy atom. The molecular weight excluding hydrogens is 852 g/mol. The molecule has 27 heteroatoms. The first-order valence-electron chi connectivity index (χ1n) is 20.4. The minimum Gasteiger partial charge on any atom is -0.481 e. The van der Waals surface area contributed by atoms with Crippen LogP contribution in [0.4, 0.5) is 0 Å². The molecular formula is C37H64N12O15. The van der Waals surface area contributed by atoms with Crippen molar-refractivity contribution in [3.05, 3.63) is 0 Å². The van der Waals surface area contributed by atoms with Crippen molar-refractivity contribution in [1.29, 1.82) is 0 Å². The maximum absolute atomic E-state index is 13.6. The van der Waals surface area contributed by atoms with Crippen LogP contribution in [-0.2, 0) is 47.9 Å². The van der Waals surface area contributed by atoms with Gasteiger partial charge in [0.2, 0.25) is 47.3 Å². The first-order chi connectivity index (χ1) is 29.7. The Labute approximate surface area is 368 Å². The first-order valence-corrected chi connectivity index (χ1v) is 20.4. The van der Waals surface area contributed by atoms with Gasteiger partial charge in [-0.25, -0.2) is 4.79 Å². The molecule has 8 amide bonds. The topological polar surface area (TPSA) is 450 Å². The van der Waals surface area contributed by atoms with Gasteiger partial charge in [0.15, 0.2) is 5.96 Å². The van der Waals surface area contributed by atoms with Gasteiger partial charge in [-0.05, 0) is 59.3 Å². The van der Waals surface area contributed by atoms with E-state index < -0.39 is 145 Å². The number of aliphatic hydroxyl groups excluding tert-OH is 3. The molecule has 0 aromatic rings.